The van der Waals surface area contributed by atoms with E-state index in [1.54, 1.807) is 7.05 Å². The van der Waals surface area contributed by atoms with Gasteiger partial charge < -0.3 is 10.5 Å². The number of halogens is 1. The quantitative estimate of drug-likeness (QED) is 0.897. The van der Waals surface area contributed by atoms with E-state index in [-0.39, 0.29) is 6.04 Å². The highest BCUT2D eigenvalue weighted by molar-refractivity contribution is 9.10. The van der Waals surface area contributed by atoms with Gasteiger partial charge >= 0.3 is 0 Å². The molecule has 0 saturated carbocycles. The SMILES string of the molecule is Cc1cc(Br)cc(CC(C)N)c1OCc1nnn(C)n1. The van der Waals surface area contributed by atoms with Crippen LogP contribution in [0.25, 0.3) is 0 Å². The molecule has 7 heteroatoms. The number of aryl methyl sites for hydroxylation is 2. The third-order valence-corrected chi connectivity index (χ3v) is 3.21. The zero-order valence-electron chi connectivity index (χ0n) is 11.8. The Morgan fingerprint density at radius 1 is 1.45 bits per heavy atom. The van der Waals surface area contributed by atoms with Gasteiger partial charge in [0.1, 0.15) is 5.75 Å². The number of hydrogen-bond acceptors (Lipinski definition) is 5. The minimum Gasteiger partial charge on any atom is -0.485 e. The fourth-order valence-corrected chi connectivity index (χ4v) is 2.64. The van der Waals surface area contributed by atoms with Crippen molar-refractivity contribution in [3.05, 3.63) is 33.6 Å². The molecule has 2 N–H and O–H groups in total. The fraction of sp³-hybridized carbons (Fsp3) is 0.462. The summed E-state index contributed by atoms with van der Waals surface area (Å²) in [6.45, 7) is 4.28. The lowest BCUT2D eigenvalue weighted by Crippen LogP contribution is -2.18. The highest BCUT2D eigenvalue weighted by Gasteiger charge is 2.12. The first-order valence-corrected chi connectivity index (χ1v) is 7.15. The molecule has 0 radical (unpaired) electrons. The molecule has 6 nitrogen and oxygen atoms in total. The Morgan fingerprint density at radius 2 is 2.20 bits per heavy atom. The predicted molar refractivity (Wildman–Crippen MR) is 79.4 cm³/mol. The molecule has 1 heterocycles. The van der Waals surface area contributed by atoms with Crippen molar-refractivity contribution < 1.29 is 4.74 Å². The van der Waals surface area contributed by atoms with Gasteiger partial charge in [-0.1, -0.05) is 15.9 Å². The standard InChI is InChI=1S/C13H18BrN5O/c1-8-4-11(14)6-10(5-9(2)15)13(8)20-7-12-16-18-19(3)17-12/h4,6,9H,5,7,15H2,1-3H3. The molecule has 0 fully saturated rings. The molecule has 0 saturated heterocycles. The van der Waals surface area contributed by atoms with Crippen molar-refractivity contribution in [2.75, 3.05) is 0 Å². The Balaban J connectivity index is 2.20. The Morgan fingerprint density at radius 3 is 2.80 bits per heavy atom. The fourth-order valence-electron chi connectivity index (χ4n) is 2.02. The van der Waals surface area contributed by atoms with Gasteiger partial charge in [-0.15, -0.1) is 10.2 Å². The third-order valence-electron chi connectivity index (χ3n) is 2.75. The van der Waals surface area contributed by atoms with E-state index in [9.17, 15) is 0 Å². The van der Waals surface area contributed by atoms with E-state index in [1.165, 1.54) is 4.80 Å². The lowest BCUT2D eigenvalue weighted by molar-refractivity contribution is 0.289. The van der Waals surface area contributed by atoms with E-state index >= 15 is 0 Å². The van der Waals surface area contributed by atoms with Crippen molar-refractivity contribution in [3.63, 3.8) is 0 Å². The van der Waals surface area contributed by atoms with E-state index in [4.69, 9.17) is 10.5 Å². The first-order chi connectivity index (χ1) is 9.45. The van der Waals surface area contributed by atoms with E-state index in [0.717, 1.165) is 27.8 Å². The van der Waals surface area contributed by atoms with E-state index in [1.807, 2.05) is 26.0 Å². The van der Waals surface area contributed by atoms with Gasteiger partial charge in [0.25, 0.3) is 0 Å². The summed E-state index contributed by atoms with van der Waals surface area (Å²) in [5, 5.41) is 11.8. The molecule has 0 spiro atoms. The molecule has 108 valence electrons. The van der Waals surface area contributed by atoms with Crippen LogP contribution < -0.4 is 10.5 Å². The molecule has 0 aliphatic rings. The summed E-state index contributed by atoms with van der Waals surface area (Å²) in [6.07, 6.45) is 0.753. The van der Waals surface area contributed by atoms with Crippen LogP contribution in [0.2, 0.25) is 0 Å². The molecular weight excluding hydrogens is 322 g/mol. The molecule has 0 bridgehead atoms. The zero-order chi connectivity index (χ0) is 14.7. The third kappa shape index (κ3) is 3.77. The maximum absolute atomic E-state index is 5.90. The van der Waals surface area contributed by atoms with Crippen molar-refractivity contribution in [3.8, 4) is 5.75 Å². The molecule has 1 aromatic heterocycles. The summed E-state index contributed by atoms with van der Waals surface area (Å²) < 4.78 is 6.89. The average Bonchev–Trinajstić information content (AvgIpc) is 2.73. The molecule has 0 aliphatic carbocycles. The number of aromatic nitrogens is 4. The van der Waals surface area contributed by atoms with Crippen molar-refractivity contribution >= 4 is 15.9 Å². The van der Waals surface area contributed by atoms with Crippen LogP contribution in [-0.2, 0) is 20.1 Å². The Kier molecular flexibility index (Phi) is 4.72. The second kappa shape index (κ2) is 6.32. The van der Waals surface area contributed by atoms with Gasteiger partial charge in [-0.05, 0) is 48.7 Å². The summed E-state index contributed by atoms with van der Waals surface area (Å²) in [4.78, 5) is 1.41. The molecule has 0 aliphatic heterocycles. The minimum absolute atomic E-state index is 0.0701. The molecule has 1 unspecified atom stereocenters. The maximum atomic E-state index is 5.90. The summed E-state index contributed by atoms with van der Waals surface area (Å²) in [6, 6.07) is 4.13. The van der Waals surface area contributed by atoms with Crippen molar-refractivity contribution in [2.24, 2.45) is 12.8 Å². The van der Waals surface area contributed by atoms with Crippen LogP contribution in [0.3, 0.4) is 0 Å². The van der Waals surface area contributed by atoms with Gasteiger partial charge in [0.15, 0.2) is 6.61 Å². The van der Waals surface area contributed by atoms with Crippen LogP contribution in [0, 0.1) is 6.92 Å². The van der Waals surface area contributed by atoms with Gasteiger partial charge in [-0.25, -0.2) is 0 Å². The van der Waals surface area contributed by atoms with Crippen molar-refractivity contribution in [1.29, 1.82) is 0 Å². The maximum Gasteiger partial charge on any atom is 0.212 e. The zero-order valence-corrected chi connectivity index (χ0v) is 13.4. The highest BCUT2D eigenvalue weighted by Crippen LogP contribution is 2.29. The van der Waals surface area contributed by atoms with Gasteiger partial charge in [0.05, 0.1) is 7.05 Å². The lowest BCUT2D eigenvalue weighted by atomic mass is 10.0. The van der Waals surface area contributed by atoms with E-state index in [0.29, 0.717) is 12.4 Å². The number of ether oxygens (including phenoxy) is 1. The van der Waals surface area contributed by atoms with Gasteiger partial charge in [-0.3, -0.25) is 0 Å². The number of benzene rings is 1. The molecular formula is C13H18BrN5O. The average molecular weight is 340 g/mol. The molecule has 1 aromatic carbocycles. The van der Waals surface area contributed by atoms with Crippen LogP contribution in [0.4, 0.5) is 0 Å². The van der Waals surface area contributed by atoms with Crippen LogP contribution in [0.5, 0.6) is 5.75 Å². The van der Waals surface area contributed by atoms with Gasteiger partial charge in [0, 0.05) is 10.5 Å². The Labute approximate surface area is 126 Å². The minimum atomic E-state index is 0.0701. The topological polar surface area (TPSA) is 78.9 Å². The summed E-state index contributed by atoms with van der Waals surface area (Å²) in [7, 11) is 1.73. The van der Waals surface area contributed by atoms with Crippen LogP contribution in [0.1, 0.15) is 23.9 Å². The van der Waals surface area contributed by atoms with Crippen molar-refractivity contribution in [2.45, 2.75) is 32.9 Å². The summed E-state index contributed by atoms with van der Waals surface area (Å²) in [5.41, 5.74) is 8.03. The lowest BCUT2D eigenvalue weighted by Gasteiger charge is -2.15. The summed E-state index contributed by atoms with van der Waals surface area (Å²) >= 11 is 3.50. The second-order valence-electron chi connectivity index (χ2n) is 4.88. The number of nitrogens with zero attached hydrogens (tertiary/aromatic N) is 4. The molecule has 1 atom stereocenters. The number of rotatable bonds is 5. The van der Waals surface area contributed by atoms with Crippen LogP contribution in [0.15, 0.2) is 16.6 Å². The molecule has 2 rings (SSSR count). The molecule has 0 amide bonds. The Bertz CT molecular complexity index is 596. The smallest absolute Gasteiger partial charge is 0.212 e. The largest absolute Gasteiger partial charge is 0.485 e. The van der Waals surface area contributed by atoms with E-state index < -0.39 is 0 Å². The van der Waals surface area contributed by atoms with E-state index in [2.05, 4.69) is 31.3 Å². The van der Waals surface area contributed by atoms with Crippen LogP contribution in [-0.4, -0.2) is 26.2 Å². The first kappa shape index (κ1) is 14.9. The highest BCUT2D eigenvalue weighted by atomic mass is 79.9. The predicted octanol–water partition coefficient (Wildman–Crippen LogP) is 1.75. The monoisotopic (exact) mass is 339 g/mol. The van der Waals surface area contributed by atoms with Crippen LogP contribution >= 0.6 is 15.9 Å². The number of nitrogens with two attached hydrogens (primary N) is 1. The first-order valence-electron chi connectivity index (χ1n) is 6.36. The number of tetrazole rings is 1. The summed E-state index contributed by atoms with van der Waals surface area (Å²) in [5.74, 6) is 1.40. The van der Waals surface area contributed by atoms with Gasteiger partial charge in [0.2, 0.25) is 5.82 Å². The normalized spacial score (nSPS) is 12.4. The molecule has 2 aromatic rings. The second-order valence-corrected chi connectivity index (χ2v) is 5.79. The Hall–Kier alpha value is -1.47. The van der Waals surface area contributed by atoms with Crippen molar-refractivity contribution in [1.82, 2.24) is 20.2 Å². The molecule has 20 heavy (non-hydrogen) atoms. The number of hydrogen-bond donors (Lipinski definition) is 1. The van der Waals surface area contributed by atoms with Gasteiger partial charge in [-0.2, -0.15) is 4.80 Å².